The summed E-state index contributed by atoms with van der Waals surface area (Å²) in [5, 5.41) is 6.23. The number of Topliss-reactive ketones (excluding diaryl/α,β-unsaturated/α-hetero) is 1. The Bertz CT molecular complexity index is 1640. The first-order valence-electron chi connectivity index (χ1n) is 15.0. The highest BCUT2D eigenvalue weighted by atomic mass is 35.5. The molecule has 0 radical (unpaired) electrons. The average molecular weight is 683 g/mol. The van der Waals surface area contributed by atoms with Gasteiger partial charge in [0.15, 0.2) is 0 Å². The largest absolute Gasteiger partial charge is 0.322 e. The fourth-order valence-corrected chi connectivity index (χ4v) is 10.9. The second-order valence-corrected chi connectivity index (χ2v) is 15.9. The number of rotatable bonds is 7. The fraction of sp³-hybridized carbons (Fsp3) is 0.516. The Morgan fingerprint density at radius 3 is 2.27 bits per heavy atom. The van der Waals surface area contributed by atoms with Crippen LogP contribution in [0.4, 0.5) is 5.69 Å². The topological polar surface area (TPSA) is 116 Å². The number of ketones is 1. The van der Waals surface area contributed by atoms with Crippen LogP contribution in [-0.2, 0) is 19.7 Å². The van der Waals surface area contributed by atoms with Gasteiger partial charge in [0.2, 0.25) is 0 Å². The first-order valence-corrected chi connectivity index (χ1v) is 17.6. The van der Waals surface area contributed by atoms with Gasteiger partial charge in [-0.05, 0) is 79.3 Å². The number of quaternary nitrogens is 1. The van der Waals surface area contributed by atoms with Crippen LogP contribution in [0.15, 0.2) is 47.6 Å². The molecule has 2 aliphatic carbocycles. The molecule has 2 heterocycles. The molecule has 3 fully saturated rings. The van der Waals surface area contributed by atoms with Crippen LogP contribution in [0.25, 0.3) is 0 Å². The summed E-state index contributed by atoms with van der Waals surface area (Å²) in [6.07, 6.45) is 3.64. The molecule has 0 aromatic heterocycles. The molecule has 236 valence electrons. The Morgan fingerprint density at radius 2 is 1.70 bits per heavy atom. The highest BCUT2D eigenvalue weighted by molar-refractivity contribution is 7.86. The third-order valence-electron chi connectivity index (χ3n) is 10.7. The summed E-state index contributed by atoms with van der Waals surface area (Å²) < 4.78 is 37.5. The quantitative estimate of drug-likeness (QED) is 0.251. The number of nitrogens with zero attached hydrogens (tertiary/aromatic N) is 3. The van der Waals surface area contributed by atoms with E-state index < -0.39 is 42.9 Å². The highest BCUT2D eigenvalue weighted by Crippen LogP contribution is 2.67. The van der Waals surface area contributed by atoms with Gasteiger partial charge in [0.25, 0.3) is 5.37 Å². The van der Waals surface area contributed by atoms with E-state index >= 15 is 0 Å². The van der Waals surface area contributed by atoms with E-state index in [0.29, 0.717) is 46.4 Å². The van der Waals surface area contributed by atoms with E-state index in [9.17, 15) is 22.6 Å². The van der Waals surface area contributed by atoms with Gasteiger partial charge >= 0.3 is 16.0 Å². The number of fused-ring (bicyclic) bond motifs is 2. The van der Waals surface area contributed by atoms with Crippen LogP contribution in [0.1, 0.15) is 70.4 Å². The van der Waals surface area contributed by atoms with Crippen LogP contribution in [0.5, 0.6) is 0 Å². The molecule has 2 bridgehead atoms. The second-order valence-electron chi connectivity index (χ2n) is 13.2. The maximum absolute atomic E-state index is 14.2. The van der Waals surface area contributed by atoms with Gasteiger partial charge in [-0.25, -0.2) is 4.59 Å². The third kappa shape index (κ3) is 5.06. The summed E-state index contributed by atoms with van der Waals surface area (Å²) in [5.41, 5.74) is 2.63. The van der Waals surface area contributed by atoms with E-state index in [-0.39, 0.29) is 43.3 Å². The Balaban J connectivity index is 1.41. The first-order chi connectivity index (χ1) is 20.7. The molecular formula is C31H36Cl3N4O5S+. The number of piperidine rings is 1. The van der Waals surface area contributed by atoms with Crippen molar-refractivity contribution in [3.05, 3.63) is 63.1 Å². The lowest BCUT2D eigenvalue weighted by Gasteiger charge is -2.51. The molecule has 4 aliphatic rings. The van der Waals surface area contributed by atoms with Crippen LogP contribution >= 0.6 is 34.8 Å². The SMILES string of the molecule is CC1(C)C2CCC1(C([N+]1(NC(=O)C3=NN(c4ccc(Cl)cc4Cl)[C@H](c4ccc(Cl)cc4)C3)CCCCC1)S(=O)(=O)O)C(=O)C2. The standard InChI is InChI=1S/C31H35Cl3N4O5S/c1-30(2)20-12-13-31(30,27(39)16-20)29(44(41,42)43)38(14-4-3-5-15-38)36-28(40)24-18-26(19-6-8-21(32)9-7-19)37(35-24)25-11-10-22(33)17-23(25)34/h6-11,17,20,26,29H,3-5,12-16,18H2,1-2H3,(H-,36,40,41,42,43)/p+1/t20?,26-,29?,31?/m0/s1. The first kappa shape index (κ1) is 31.8. The van der Waals surface area contributed by atoms with Crippen LogP contribution < -0.4 is 10.4 Å². The fourth-order valence-electron chi connectivity index (χ4n) is 8.45. The van der Waals surface area contributed by atoms with E-state index in [1.165, 1.54) is 0 Å². The maximum atomic E-state index is 14.2. The lowest BCUT2D eigenvalue weighted by Crippen LogP contribution is -2.75. The number of likely N-dealkylation sites (tertiary alicyclic amines) is 1. The van der Waals surface area contributed by atoms with Gasteiger partial charge in [-0.15, -0.1) is 0 Å². The molecule has 2 aromatic carbocycles. The Hall–Kier alpha value is -2.21. The van der Waals surface area contributed by atoms with Crippen molar-refractivity contribution in [1.82, 2.24) is 5.43 Å². The third-order valence-corrected chi connectivity index (χ3v) is 12.8. The number of amides is 1. The van der Waals surface area contributed by atoms with Crippen LogP contribution in [-0.4, -0.2) is 53.4 Å². The van der Waals surface area contributed by atoms with Crippen molar-refractivity contribution in [2.45, 2.75) is 70.2 Å². The molecule has 1 amide bonds. The van der Waals surface area contributed by atoms with Gasteiger partial charge in [-0.3, -0.25) is 19.2 Å². The Morgan fingerprint density at radius 1 is 1.05 bits per heavy atom. The summed E-state index contributed by atoms with van der Waals surface area (Å²) >= 11 is 18.9. The molecule has 2 saturated carbocycles. The minimum Gasteiger partial charge on any atom is -0.299 e. The number of benzene rings is 2. The summed E-state index contributed by atoms with van der Waals surface area (Å²) in [6, 6.07) is 11.8. The average Bonchev–Trinajstić information content (AvgIpc) is 3.54. The zero-order chi connectivity index (χ0) is 31.7. The van der Waals surface area contributed by atoms with Crippen molar-refractivity contribution in [2.24, 2.45) is 21.8 Å². The number of hydrazone groups is 1. The van der Waals surface area contributed by atoms with Crippen molar-refractivity contribution < 1.29 is 27.2 Å². The van der Waals surface area contributed by atoms with E-state index in [2.05, 4.69) is 5.43 Å². The zero-order valence-electron chi connectivity index (χ0n) is 24.6. The summed E-state index contributed by atoms with van der Waals surface area (Å²) in [5.74, 6) is -0.679. The van der Waals surface area contributed by atoms with E-state index in [1.54, 1.807) is 35.3 Å². The number of hydrogen-bond donors (Lipinski definition) is 2. The normalized spacial score (nSPS) is 28.2. The van der Waals surface area contributed by atoms with E-state index in [0.717, 1.165) is 12.0 Å². The second kappa shape index (κ2) is 11.2. The molecule has 2 aliphatic heterocycles. The minimum absolute atomic E-state index is 0.0248. The van der Waals surface area contributed by atoms with Gasteiger partial charge in [-0.2, -0.15) is 18.9 Å². The highest BCUT2D eigenvalue weighted by Gasteiger charge is 2.75. The van der Waals surface area contributed by atoms with Crippen molar-refractivity contribution in [1.29, 1.82) is 0 Å². The monoisotopic (exact) mass is 681 g/mol. The lowest BCUT2D eigenvalue weighted by molar-refractivity contribution is -0.980. The number of halogens is 3. The molecule has 13 heteroatoms. The molecular weight excluding hydrogens is 647 g/mol. The molecule has 2 aromatic rings. The Kier molecular flexibility index (Phi) is 8.12. The molecule has 2 N–H and O–H groups in total. The van der Waals surface area contributed by atoms with Crippen molar-refractivity contribution in [3.63, 3.8) is 0 Å². The molecule has 3 unspecified atom stereocenters. The number of carbonyl (C=O) groups is 2. The lowest BCUT2D eigenvalue weighted by atomic mass is 9.68. The zero-order valence-corrected chi connectivity index (χ0v) is 27.7. The van der Waals surface area contributed by atoms with E-state index in [4.69, 9.17) is 39.9 Å². The maximum Gasteiger partial charge on any atom is 0.322 e. The molecule has 4 atom stereocenters. The van der Waals surface area contributed by atoms with Gasteiger partial charge in [0.05, 0.1) is 16.8 Å². The smallest absolute Gasteiger partial charge is 0.299 e. The van der Waals surface area contributed by atoms with Crippen LogP contribution in [0.3, 0.4) is 0 Å². The summed E-state index contributed by atoms with van der Waals surface area (Å²) in [6.45, 7) is 4.40. The van der Waals surface area contributed by atoms with Crippen LogP contribution in [0, 0.1) is 16.7 Å². The number of anilines is 1. The molecule has 1 saturated heterocycles. The van der Waals surface area contributed by atoms with Gasteiger partial charge < -0.3 is 0 Å². The molecule has 0 spiro atoms. The summed E-state index contributed by atoms with van der Waals surface area (Å²) in [7, 11) is -4.80. The number of hydrogen-bond acceptors (Lipinski definition) is 6. The molecule has 6 rings (SSSR count). The van der Waals surface area contributed by atoms with Gasteiger partial charge in [0, 0.05) is 22.9 Å². The number of carbonyl (C=O) groups excluding carboxylic acids is 2. The van der Waals surface area contributed by atoms with Crippen molar-refractivity contribution >= 4 is 68.0 Å². The summed E-state index contributed by atoms with van der Waals surface area (Å²) in [4.78, 5) is 27.9. The minimum atomic E-state index is -4.80. The van der Waals surface area contributed by atoms with Crippen molar-refractivity contribution in [2.75, 3.05) is 18.1 Å². The van der Waals surface area contributed by atoms with E-state index in [1.807, 2.05) is 26.0 Å². The Labute approximate surface area is 272 Å². The van der Waals surface area contributed by atoms with Crippen molar-refractivity contribution in [3.8, 4) is 0 Å². The predicted molar refractivity (Wildman–Crippen MR) is 171 cm³/mol. The van der Waals surface area contributed by atoms with Gasteiger partial charge in [0.1, 0.15) is 30.0 Å². The number of nitrogens with one attached hydrogen (secondary N) is 1. The molecule has 44 heavy (non-hydrogen) atoms. The van der Waals surface area contributed by atoms with Crippen LogP contribution in [0.2, 0.25) is 15.1 Å². The predicted octanol–water partition coefficient (Wildman–Crippen LogP) is 6.60. The van der Waals surface area contributed by atoms with Gasteiger partial charge in [-0.1, -0.05) is 60.8 Å². The molecule has 9 nitrogen and oxygen atoms in total.